The molecule has 0 saturated heterocycles. The number of carbonyl (C=O) groups excluding carboxylic acids is 1. The molecule has 92 valence electrons. The summed E-state index contributed by atoms with van der Waals surface area (Å²) in [6.45, 7) is 3.55. The number of carbonyl (C=O) groups is 2. The van der Waals surface area contributed by atoms with E-state index >= 15 is 0 Å². The van der Waals surface area contributed by atoms with Gasteiger partial charge in [-0.25, -0.2) is 0 Å². The maximum Gasteiger partial charge on any atom is 0.316 e. The van der Waals surface area contributed by atoms with E-state index in [0.29, 0.717) is 0 Å². The zero-order valence-corrected chi connectivity index (χ0v) is 10.3. The van der Waals surface area contributed by atoms with E-state index in [1.54, 1.807) is 25.8 Å². The molecule has 4 nitrogen and oxygen atoms in total. The molecule has 1 aliphatic carbocycles. The van der Waals surface area contributed by atoms with Gasteiger partial charge in [0.1, 0.15) is 5.92 Å². The molecular formula is C12H21NO3. The summed E-state index contributed by atoms with van der Waals surface area (Å²) in [5, 5.41) is 9.06. The Morgan fingerprint density at radius 2 is 1.75 bits per heavy atom. The minimum atomic E-state index is -1.01. The number of nitrogens with zero attached hydrogens (tertiary/aromatic N) is 1. The van der Waals surface area contributed by atoms with E-state index in [-0.39, 0.29) is 17.9 Å². The van der Waals surface area contributed by atoms with Crippen LogP contribution in [0.4, 0.5) is 0 Å². The van der Waals surface area contributed by atoms with Gasteiger partial charge in [-0.2, -0.15) is 0 Å². The van der Waals surface area contributed by atoms with Crippen LogP contribution in [0, 0.1) is 11.8 Å². The molecule has 1 atom stereocenters. The molecule has 0 aromatic rings. The topological polar surface area (TPSA) is 57.6 Å². The first-order valence-electron chi connectivity index (χ1n) is 5.94. The number of carboxylic acid groups (broad SMARTS) is 1. The Morgan fingerprint density at radius 1 is 1.25 bits per heavy atom. The van der Waals surface area contributed by atoms with Gasteiger partial charge in [0.05, 0.1) is 0 Å². The van der Waals surface area contributed by atoms with Crippen molar-refractivity contribution in [2.75, 3.05) is 7.05 Å². The van der Waals surface area contributed by atoms with Gasteiger partial charge < -0.3 is 10.0 Å². The molecule has 16 heavy (non-hydrogen) atoms. The third kappa shape index (κ3) is 2.74. The van der Waals surface area contributed by atoms with Crippen LogP contribution in [0.25, 0.3) is 0 Å². The van der Waals surface area contributed by atoms with Gasteiger partial charge in [-0.15, -0.1) is 0 Å². The predicted octanol–water partition coefficient (Wildman–Crippen LogP) is 1.74. The van der Waals surface area contributed by atoms with Gasteiger partial charge in [0, 0.05) is 13.1 Å². The van der Waals surface area contributed by atoms with Crippen molar-refractivity contribution in [3.05, 3.63) is 0 Å². The molecule has 0 aliphatic heterocycles. The van der Waals surface area contributed by atoms with E-state index in [4.69, 9.17) is 5.11 Å². The van der Waals surface area contributed by atoms with E-state index in [1.807, 2.05) is 0 Å². The van der Waals surface area contributed by atoms with Crippen molar-refractivity contribution in [3.63, 3.8) is 0 Å². The van der Waals surface area contributed by atoms with E-state index in [1.165, 1.54) is 0 Å². The van der Waals surface area contributed by atoms with E-state index < -0.39 is 11.9 Å². The summed E-state index contributed by atoms with van der Waals surface area (Å²) in [6, 6.07) is 0.244. The van der Waals surface area contributed by atoms with Gasteiger partial charge in [-0.05, 0) is 18.8 Å². The van der Waals surface area contributed by atoms with Crippen LogP contribution in [0.2, 0.25) is 0 Å². The second-order valence-corrected chi connectivity index (χ2v) is 4.95. The van der Waals surface area contributed by atoms with Crippen molar-refractivity contribution in [2.24, 2.45) is 11.8 Å². The summed E-state index contributed by atoms with van der Waals surface area (Å²) in [5.74, 6) is -2.31. The standard InChI is InChI=1S/C12H21NO3/c1-8(2)10(12(15)16)11(14)13(3)9-6-4-5-7-9/h8-10H,4-7H2,1-3H3,(H,15,16). The zero-order valence-electron chi connectivity index (χ0n) is 10.3. The molecule has 1 N–H and O–H groups in total. The van der Waals surface area contributed by atoms with E-state index in [9.17, 15) is 9.59 Å². The van der Waals surface area contributed by atoms with Crippen LogP contribution >= 0.6 is 0 Å². The van der Waals surface area contributed by atoms with Crippen LogP contribution in [0.3, 0.4) is 0 Å². The lowest BCUT2D eigenvalue weighted by atomic mass is 9.94. The number of hydrogen-bond donors (Lipinski definition) is 1. The Balaban J connectivity index is 2.69. The molecule has 0 heterocycles. The number of rotatable bonds is 4. The normalized spacial score (nSPS) is 18.8. The summed E-state index contributed by atoms with van der Waals surface area (Å²) in [6.07, 6.45) is 4.29. The van der Waals surface area contributed by atoms with Gasteiger partial charge in [0.15, 0.2) is 0 Å². The van der Waals surface area contributed by atoms with Crippen LogP contribution in [-0.4, -0.2) is 35.0 Å². The maximum atomic E-state index is 12.1. The minimum Gasteiger partial charge on any atom is -0.481 e. The van der Waals surface area contributed by atoms with Crippen molar-refractivity contribution in [1.29, 1.82) is 0 Å². The summed E-state index contributed by atoms with van der Waals surface area (Å²) in [5.41, 5.74) is 0. The average molecular weight is 227 g/mol. The highest BCUT2D eigenvalue weighted by Gasteiger charge is 2.35. The molecule has 0 aromatic carbocycles. The lowest BCUT2D eigenvalue weighted by molar-refractivity contribution is -0.153. The molecule has 1 fully saturated rings. The lowest BCUT2D eigenvalue weighted by Gasteiger charge is -2.28. The molecule has 1 aliphatic rings. The Hall–Kier alpha value is -1.06. The Kier molecular flexibility index (Phi) is 4.33. The molecule has 0 bridgehead atoms. The van der Waals surface area contributed by atoms with Gasteiger partial charge >= 0.3 is 5.97 Å². The highest BCUT2D eigenvalue weighted by Crippen LogP contribution is 2.25. The van der Waals surface area contributed by atoms with E-state index in [2.05, 4.69) is 0 Å². The second kappa shape index (κ2) is 5.32. The smallest absolute Gasteiger partial charge is 0.316 e. The summed E-state index contributed by atoms with van der Waals surface area (Å²) in [7, 11) is 1.73. The minimum absolute atomic E-state index is 0.158. The van der Waals surface area contributed by atoms with Crippen LogP contribution in [0.1, 0.15) is 39.5 Å². The van der Waals surface area contributed by atoms with Gasteiger partial charge in [0.25, 0.3) is 0 Å². The summed E-state index contributed by atoms with van der Waals surface area (Å²) >= 11 is 0. The number of amides is 1. The SMILES string of the molecule is CC(C)C(C(=O)O)C(=O)N(C)C1CCCC1. The molecular weight excluding hydrogens is 206 g/mol. The fraction of sp³-hybridized carbons (Fsp3) is 0.833. The number of aliphatic carboxylic acids is 1. The Labute approximate surface area is 96.6 Å². The van der Waals surface area contributed by atoms with Gasteiger partial charge in [-0.1, -0.05) is 26.7 Å². The van der Waals surface area contributed by atoms with Gasteiger partial charge in [-0.3, -0.25) is 9.59 Å². The van der Waals surface area contributed by atoms with Crippen molar-refractivity contribution < 1.29 is 14.7 Å². The lowest BCUT2D eigenvalue weighted by Crippen LogP contribution is -2.43. The van der Waals surface area contributed by atoms with Crippen molar-refractivity contribution in [3.8, 4) is 0 Å². The molecule has 1 saturated carbocycles. The van der Waals surface area contributed by atoms with Crippen molar-refractivity contribution in [1.82, 2.24) is 4.90 Å². The predicted molar refractivity (Wildman–Crippen MR) is 61.0 cm³/mol. The summed E-state index contributed by atoms with van der Waals surface area (Å²) < 4.78 is 0. The van der Waals surface area contributed by atoms with Gasteiger partial charge in [0.2, 0.25) is 5.91 Å². The Bertz CT molecular complexity index is 269. The first-order chi connectivity index (χ1) is 7.45. The monoisotopic (exact) mass is 227 g/mol. The number of hydrogen-bond acceptors (Lipinski definition) is 2. The molecule has 0 radical (unpaired) electrons. The second-order valence-electron chi connectivity index (χ2n) is 4.95. The highest BCUT2D eigenvalue weighted by molar-refractivity contribution is 5.97. The van der Waals surface area contributed by atoms with E-state index in [0.717, 1.165) is 25.7 Å². The molecule has 1 amide bonds. The zero-order chi connectivity index (χ0) is 12.3. The quantitative estimate of drug-likeness (QED) is 0.744. The van der Waals surface area contributed by atoms with Crippen molar-refractivity contribution >= 4 is 11.9 Å². The molecule has 4 heteroatoms. The number of carboxylic acids is 1. The highest BCUT2D eigenvalue weighted by atomic mass is 16.4. The molecule has 1 unspecified atom stereocenters. The molecule has 1 rings (SSSR count). The fourth-order valence-electron chi connectivity index (χ4n) is 2.37. The van der Waals surface area contributed by atoms with Crippen LogP contribution in [0.5, 0.6) is 0 Å². The maximum absolute atomic E-state index is 12.1. The largest absolute Gasteiger partial charge is 0.481 e. The van der Waals surface area contributed by atoms with Crippen molar-refractivity contribution in [2.45, 2.75) is 45.6 Å². The van der Waals surface area contributed by atoms with Crippen LogP contribution < -0.4 is 0 Å². The molecule has 0 spiro atoms. The first-order valence-corrected chi connectivity index (χ1v) is 5.94. The first kappa shape index (κ1) is 13.0. The third-order valence-electron chi connectivity index (χ3n) is 3.42. The molecule has 0 aromatic heterocycles. The van der Waals surface area contributed by atoms with Crippen LogP contribution in [-0.2, 0) is 9.59 Å². The van der Waals surface area contributed by atoms with Crippen LogP contribution in [0.15, 0.2) is 0 Å². The fourth-order valence-corrected chi connectivity index (χ4v) is 2.37. The summed E-state index contributed by atoms with van der Waals surface area (Å²) in [4.78, 5) is 24.8. The Morgan fingerprint density at radius 3 is 2.12 bits per heavy atom. The average Bonchev–Trinajstić information content (AvgIpc) is 2.67. The third-order valence-corrected chi connectivity index (χ3v) is 3.42.